The van der Waals surface area contributed by atoms with E-state index in [2.05, 4.69) is 34.4 Å². The molecule has 0 amide bonds. The summed E-state index contributed by atoms with van der Waals surface area (Å²) in [6.07, 6.45) is 4.59. The van der Waals surface area contributed by atoms with Crippen molar-refractivity contribution in [1.82, 2.24) is 14.9 Å². The number of H-pyrrole nitrogens is 1. The van der Waals surface area contributed by atoms with Crippen molar-refractivity contribution >= 4 is 18.4 Å². The molecule has 0 aliphatic carbocycles. The van der Waals surface area contributed by atoms with Crippen LogP contribution in [0.4, 0.5) is 0 Å². The van der Waals surface area contributed by atoms with Crippen molar-refractivity contribution in [3.63, 3.8) is 0 Å². The Kier molecular flexibility index (Phi) is 6.33. The fourth-order valence-corrected chi connectivity index (χ4v) is 2.68. The van der Waals surface area contributed by atoms with Gasteiger partial charge in [0, 0.05) is 6.42 Å². The molecule has 0 saturated heterocycles. The highest BCUT2D eigenvalue weighted by Crippen LogP contribution is 2.13. The van der Waals surface area contributed by atoms with Gasteiger partial charge >= 0.3 is 0 Å². The van der Waals surface area contributed by atoms with Crippen molar-refractivity contribution in [2.24, 2.45) is 5.10 Å². The fraction of sp³-hybridized carbons (Fsp3) is 0.250. The quantitative estimate of drug-likeness (QED) is 0.360. The lowest BCUT2D eigenvalue weighted by Gasteiger charge is -2.05. The van der Waals surface area contributed by atoms with E-state index in [0.29, 0.717) is 11.2 Å². The summed E-state index contributed by atoms with van der Waals surface area (Å²) in [6.45, 7) is 2.87. The summed E-state index contributed by atoms with van der Waals surface area (Å²) >= 11 is 5.31. The summed E-state index contributed by atoms with van der Waals surface area (Å²) in [5.41, 5.74) is 2.11. The Balaban J connectivity index is 1.75. The van der Waals surface area contributed by atoms with E-state index in [1.807, 2.05) is 42.5 Å². The minimum atomic E-state index is 0.475. The first-order valence-corrected chi connectivity index (χ1v) is 9.14. The predicted octanol–water partition coefficient (Wildman–Crippen LogP) is 4.59. The topological polar surface area (TPSA) is 55.2 Å². The van der Waals surface area contributed by atoms with Crippen LogP contribution in [-0.4, -0.2) is 27.7 Å². The van der Waals surface area contributed by atoms with Gasteiger partial charge in [-0.25, -0.2) is 0 Å². The molecule has 3 rings (SSSR count). The number of hydrogen-bond donors (Lipinski definition) is 1. The Morgan fingerprint density at radius 2 is 2.04 bits per heavy atom. The van der Waals surface area contributed by atoms with Crippen LogP contribution >= 0.6 is 12.2 Å². The van der Waals surface area contributed by atoms with Crippen LogP contribution in [0.3, 0.4) is 0 Å². The Labute approximate surface area is 158 Å². The zero-order valence-electron chi connectivity index (χ0n) is 14.8. The second-order valence-corrected chi connectivity index (χ2v) is 6.32. The fourth-order valence-electron chi connectivity index (χ4n) is 2.48. The van der Waals surface area contributed by atoms with E-state index in [9.17, 15) is 0 Å². The molecule has 5 nitrogen and oxygen atoms in total. The van der Waals surface area contributed by atoms with Crippen LogP contribution in [0.1, 0.15) is 36.7 Å². The second-order valence-electron chi connectivity index (χ2n) is 5.94. The minimum Gasteiger partial charge on any atom is -0.494 e. The molecule has 0 radical (unpaired) electrons. The maximum Gasteiger partial charge on any atom is 0.216 e. The molecule has 1 N–H and O–H groups in total. The third kappa shape index (κ3) is 4.89. The largest absolute Gasteiger partial charge is 0.494 e. The van der Waals surface area contributed by atoms with Gasteiger partial charge in [-0.3, -0.25) is 5.10 Å². The standard InChI is InChI=1S/C20H22N4OS/c1-2-3-12-25-18-11-7-10-17(13-18)15-21-24-19(22-23-20(24)26)14-16-8-5-4-6-9-16/h4-11,13,15H,2-3,12,14H2,1H3,(H,23,26)/b21-15-. The van der Waals surface area contributed by atoms with Gasteiger partial charge in [0.05, 0.1) is 12.8 Å². The number of ether oxygens (including phenoxy) is 1. The zero-order valence-corrected chi connectivity index (χ0v) is 15.6. The molecule has 0 bridgehead atoms. The van der Waals surface area contributed by atoms with E-state index >= 15 is 0 Å². The van der Waals surface area contributed by atoms with E-state index in [0.717, 1.165) is 42.1 Å². The first-order valence-electron chi connectivity index (χ1n) is 8.73. The van der Waals surface area contributed by atoms with Crippen molar-refractivity contribution in [1.29, 1.82) is 0 Å². The number of benzene rings is 2. The number of nitrogens with one attached hydrogen (secondary N) is 1. The molecule has 0 spiro atoms. The Hall–Kier alpha value is -2.73. The molecule has 3 aromatic rings. The highest BCUT2D eigenvalue weighted by molar-refractivity contribution is 7.71. The van der Waals surface area contributed by atoms with Gasteiger partial charge in [-0.05, 0) is 41.9 Å². The average Bonchev–Trinajstić information content (AvgIpc) is 3.01. The van der Waals surface area contributed by atoms with Gasteiger partial charge in [0.25, 0.3) is 0 Å². The van der Waals surface area contributed by atoms with Crippen LogP contribution in [-0.2, 0) is 6.42 Å². The lowest BCUT2D eigenvalue weighted by atomic mass is 10.1. The van der Waals surface area contributed by atoms with E-state index in [1.54, 1.807) is 10.9 Å². The molecule has 0 atom stereocenters. The predicted molar refractivity (Wildman–Crippen MR) is 106 cm³/mol. The van der Waals surface area contributed by atoms with Gasteiger partial charge in [0.2, 0.25) is 4.77 Å². The van der Waals surface area contributed by atoms with E-state index in [1.165, 1.54) is 0 Å². The SMILES string of the molecule is CCCCOc1cccc(/C=N\n2c(Cc3ccccc3)n[nH]c2=S)c1. The van der Waals surface area contributed by atoms with Gasteiger partial charge in [-0.2, -0.15) is 14.9 Å². The maximum absolute atomic E-state index is 5.74. The van der Waals surface area contributed by atoms with Crippen LogP contribution in [0.5, 0.6) is 5.75 Å². The average molecular weight is 366 g/mol. The number of unbranched alkanes of at least 4 members (excludes halogenated alkanes) is 1. The van der Waals surface area contributed by atoms with E-state index in [-0.39, 0.29) is 0 Å². The van der Waals surface area contributed by atoms with Gasteiger partial charge in [0.15, 0.2) is 5.82 Å². The number of hydrogen-bond acceptors (Lipinski definition) is 4. The molecule has 6 heteroatoms. The first kappa shape index (κ1) is 18.1. The molecule has 0 aliphatic rings. The van der Waals surface area contributed by atoms with Crippen LogP contribution in [0.25, 0.3) is 0 Å². The Bertz CT molecular complexity index is 915. The third-order valence-corrected chi connectivity index (χ3v) is 4.13. The molecule has 0 saturated carbocycles. The minimum absolute atomic E-state index is 0.475. The smallest absolute Gasteiger partial charge is 0.216 e. The van der Waals surface area contributed by atoms with Gasteiger partial charge < -0.3 is 4.74 Å². The van der Waals surface area contributed by atoms with Crippen LogP contribution in [0, 0.1) is 4.77 Å². The molecule has 26 heavy (non-hydrogen) atoms. The maximum atomic E-state index is 5.74. The van der Waals surface area contributed by atoms with Crippen molar-refractivity contribution in [2.45, 2.75) is 26.2 Å². The summed E-state index contributed by atoms with van der Waals surface area (Å²) < 4.78 is 7.88. The van der Waals surface area contributed by atoms with E-state index < -0.39 is 0 Å². The summed E-state index contributed by atoms with van der Waals surface area (Å²) in [7, 11) is 0. The van der Waals surface area contributed by atoms with E-state index in [4.69, 9.17) is 17.0 Å². The second kappa shape index (κ2) is 9.10. The molecule has 0 aliphatic heterocycles. The molecule has 2 aromatic carbocycles. The number of rotatable bonds is 8. The van der Waals surface area contributed by atoms with Crippen molar-refractivity contribution in [3.05, 3.63) is 76.3 Å². The molecule has 1 aromatic heterocycles. The normalized spacial score (nSPS) is 11.1. The van der Waals surface area contributed by atoms with Gasteiger partial charge in [-0.1, -0.05) is 55.8 Å². The Morgan fingerprint density at radius 1 is 1.19 bits per heavy atom. The molecule has 0 fully saturated rings. The van der Waals surface area contributed by atoms with Crippen LogP contribution in [0.2, 0.25) is 0 Å². The van der Waals surface area contributed by atoms with Crippen LogP contribution < -0.4 is 4.74 Å². The highest BCUT2D eigenvalue weighted by Gasteiger charge is 2.06. The Morgan fingerprint density at radius 3 is 2.85 bits per heavy atom. The lowest BCUT2D eigenvalue weighted by Crippen LogP contribution is -2.00. The number of nitrogens with zero attached hydrogens (tertiary/aromatic N) is 3. The monoisotopic (exact) mass is 366 g/mol. The number of aromatic amines is 1. The number of aromatic nitrogens is 3. The summed E-state index contributed by atoms with van der Waals surface area (Å²) in [5, 5.41) is 11.6. The third-order valence-electron chi connectivity index (χ3n) is 3.87. The zero-order chi connectivity index (χ0) is 18.2. The first-order chi connectivity index (χ1) is 12.8. The summed E-state index contributed by atoms with van der Waals surface area (Å²) in [6, 6.07) is 18.0. The van der Waals surface area contributed by atoms with Crippen molar-refractivity contribution < 1.29 is 4.74 Å². The van der Waals surface area contributed by atoms with Gasteiger partial charge in [-0.15, -0.1) is 0 Å². The lowest BCUT2D eigenvalue weighted by molar-refractivity contribution is 0.309. The van der Waals surface area contributed by atoms with Crippen molar-refractivity contribution in [3.8, 4) is 5.75 Å². The summed E-state index contributed by atoms with van der Waals surface area (Å²) in [4.78, 5) is 0. The molecule has 134 valence electrons. The molecular weight excluding hydrogens is 344 g/mol. The molecule has 0 unspecified atom stereocenters. The summed E-state index contributed by atoms with van der Waals surface area (Å²) in [5.74, 6) is 1.62. The molecular formula is C20H22N4OS. The molecule has 1 heterocycles. The van der Waals surface area contributed by atoms with Gasteiger partial charge in [0.1, 0.15) is 5.75 Å². The van der Waals surface area contributed by atoms with Crippen molar-refractivity contribution in [2.75, 3.05) is 6.61 Å². The van der Waals surface area contributed by atoms with Crippen LogP contribution in [0.15, 0.2) is 59.7 Å². The highest BCUT2D eigenvalue weighted by atomic mass is 32.1.